The van der Waals surface area contributed by atoms with Gasteiger partial charge in [-0.15, -0.1) is 0 Å². The highest BCUT2D eigenvalue weighted by Crippen LogP contribution is 2.60. The Morgan fingerprint density at radius 2 is 1.47 bits per heavy atom. The molecule has 0 aliphatic rings. The third-order valence-electron chi connectivity index (χ3n) is 5.47. The predicted octanol–water partition coefficient (Wildman–Crippen LogP) is 5.53. The van der Waals surface area contributed by atoms with Crippen LogP contribution in [0.3, 0.4) is 0 Å². The Bertz CT molecular complexity index is 1090. The van der Waals surface area contributed by atoms with Crippen molar-refractivity contribution in [2.75, 3.05) is 52.2 Å². The summed E-state index contributed by atoms with van der Waals surface area (Å²) < 4.78 is 37.5. The van der Waals surface area contributed by atoms with E-state index in [1.54, 1.807) is 21.3 Å². The van der Waals surface area contributed by atoms with Gasteiger partial charge in [0.15, 0.2) is 11.5 Å². The van der Waals surface area contributed by atoms with Crippen LogP contribution in [-0.4, -0.2) is 42.0 Å². The van der Waals surface area contributed by atoms with E-state index in [0.717, 1.165) is 11.4 Å². The van der Waals surface area contributed by atoms with Crippen LogP contribution in [0.4, 0.5) is 11.4 Å². The van der Waals surface area contributed by atoms with Gasteiger partial charge in [-0.3, -0.25) is 4.57 Å². The number of hydrogen-bond acceptors (Lipinski definition) is 7. The molecule has 0 saturated heterocycles. The summed E-state index contributed by atoms with van der Waals surface area (Å²) in [5, 5.41) is 4.06. The third-order valence-corrected chi connectivity index (χ3v) is 8.23. The van der Waals surface area contributed by atoms with Gasteiger partial charge in [-0.1, -0.05) is 18.2 Å². The zero-order valence-electron chi connectivity index (χ0n) is 20.6. The number of hydrogen-bond donors (Lipinski definition) is 1. The van der Waals surface area contributed by atoms with Crippen LogP contribution in [0.15, 0.2) is 66.7 Å². The van der Waals surface area contributed by atoms with Crippen molar-refractivity contribution in [3.8, 4) is 17.2 Å². The number of nitrogens with zero attached hydrogens (tertiary/aromatic N) is 1. The van der Waals surface area contributed by atoms with E-state index < -0.39 is 13.2 Å². The summed E-state index contributed by atoms with van der Waals surface area (Å²) in [7, 11) is 5.11. The summed E-state index contributed by atoms with van der Waals surface area (Å²) in [4.78, 5) is 1.99. The molecule has 0 heterocycles. The minimum atomic E-state index is -3.49. The summed E-state index contributed by atoms with van der Waals surface area (Å²) in [6, 6.07) is 20.9. The van der Waals surface area contributed by atoms with Crippen molar-refractivity contribution in [3.05, 3.63) is 72.3 Å². The Kier molecular flexibility index (Phi) is 8.48. The molecule has 34 heavy (non-hydrogen) atoms. The van der Waals surface area contributed by atoms with Gasteiger partial charge in [0, 0.05) is 30.8 Å². The Labute approximate surface area is 202 Å². The molecular weight excluding hydrogens is 451 g/mol. The second-order valence-electron chi connectivity index (χ2n) is 7.80. The molecule has 0 aliphatic heterocycles. The van der Waals surface area contributed by atoms with Crippen LogP contribution < -0.4 is 29.7 Å². The Balaban J connectivity index is 2.22. The molecule has 2 atom stereocenters. The van der Waals surface area contributed by atoms with E-state index in [9.17, 15) is 4.57 Å². The van der Waals surface area contributed by atoms with Gasteiger partial charge in [0.05, 0.1) is 27.9 Å². The van der Waals surface area contributed by atoms with Crippen LogP contribution in [0.5, 0.6) is 17.2 Å². The van der Waals surface area contributed by atoms with Gasteiger partial charge in [-0.05, 0) is 61.0 Å². The maximum Gasteiger partial charge on any atom is 0.258 e. The van der Waals surface area contributed by atoms with Crippen molar-refractivity contribution in [2.24, 2.45) is 0 Å². The van der Waals surface area contributed by atoms with E-state index in [0.29, 0.717) is 28.1 Å². The molecule has 0 radical (unpaired) electrons. The fraction of sp³-hybridized carbons (Fsp3) is 0.308. The van der Waals surface area contributed by atoms with Crippen molar-refractivity contribution in [1.29, 1.82) is 0 Å². The quantitative estimate of drug-likeness (QED) is 0.359. The Morgan fingerprint density at radius 3 is 1.94 bits per heavy atom. The van der Waals surface area contributed by atoms with E-state index in [2.05, 4.69) is 5.32 Å². The molecule has 3 rings (SSSR count). The van der Waals surface area contributed by atoms with Gasteiger partial charge in [0.25, 0.3) is 7.37 Å². The first-order valence-electron chi connectivity index (χ1n) is 11.0. The molecule has 7 nitrogen and oxygen atoms in total. The van der Waals surface area contributed by atoms with Crippen LogP contribution in [0.1, 0.15) is 18.3 Å². The molecule has 0 aliphatic carbocycles. The van der Waals surface area contributed by atoms with E-state index >= 15 is 0 Å². The van der Waals surface area contributed by atoms with Gasteiger partial charge in [-0.2, -0.15) is 0 Å². The zero-order chi connectivity index (χ0) is 24.7. The molecule has 0 amide bonds. The van der Waals surface area contributed by atoms with E-state index in [-0.39, 0.29) is 6.61 Å². The predicted molar refractivity (Wildman–Crippen MR) is 139 cm³/mol. The molecule has 0 spiro atoms. The summed E-state index contributed by atoms with van der Waals surface area (Å²) in [5.41, 5.74) is 2.50. The average Bonchev–Trinajstić information content (AvgIpc) is 2.87. The maximum atomic E-state index is 14.7. The van der Waals surface area contributed by atoms with Crippen LogP contribution in [0.25, 0.3) is 0 Å². The summed E-state index contributed by atoms with van der Waals surface area (Å²) in [6.45, 7) is 2.12. The highest BCUT2D eigenvalue weighted by Gasteiger charge is 2.38. The molecule has 0 saturated carbocycles. The van der Waals surface area contributed by atoms with Crippen molar-refractivity contribution in [1.82, 2.24) is 0 Å². The van der Waals surface area contributed by atoms with Crippen molar-refractivity contribution in [2.45, 2.75) is 12.7 Å². The number of benzene rings is 3. The summed E-state index contributed by atoms with van der Waals surface area (Å²) in [6.07, 6.45) is 0. The Morgan fingerprint density at radius 1 is 0.882 bits per heavy atom. The fourth-order valence-corrected chi connectivity index (χ4v) is 6.17. The first-order chi connectivity index (χ1) is 16.4. The minimum absolute atomic E-state index is 0.282. The van der Waals surface area contributed by atoms with E-state index in [1.165, 1.54) is 0 Å². The second-order valence-corrected chi connectivity index (χ2v) is 10.3. The van der Waals surface area contributed by atoms with Crippen molar-refractivity contribution in [3.63, 3.8) is 0 Å². The highest BCUT2D eigenvalue weighted by atomic mass is 31.2. The molecule has 3 aromatic rings. The lowest BCUT2D eigenvalue weighted by Gasteiger charge is -2.30. The van der Waals surface area contributed by atoms with Crippen LogP contribution in [-0.2, 0) is 9.09 Å². The molecule has 182 valence electrons. The van der Waals surface area contributed by atoms with Crippen LogP contribution >= 0.6 is 7.37 Å². The zero-order valence-corrected chi connectivity index (χ0v) is 21.5. The van der Waals surface area contributed by atoms with Gasteiger partial charge in [0.1, 0.15) is 5.78 Å². The van der Waals surface area contributed by atoms with Crippen molar-refractivity contribution < 1.29 is 23.3 Å². The van der Waals surface area contributed by atoms with E-state index in [1.807, 2.05) is 92.6 Å². The maximum absolute atomic E-state index is 14.7. The first-order valence-corrected chi connectivity index (χ1v) is 12.7. The first kappa shape index (κ1) is 25.5. The lowest BCUT2D eigenvalue weighted by atomic mass is 10.1. The van der Waals surface area contributed by atoms with Gasteiger partial charge < -0.3 is 29.0 Å². The number of anilines is 2. The number of nitrogens with one attached hydrogen (secondary N) is 1. The van der Waals surface area contributed by atoms with Gasteiger partial charge in [-0.25, -0.2) is 0 Å². The monoisotopic (exact) mass is 484 g/mol. The average molecular weight is 485 g/mol. The standard InChI is InChI=1S/C26H33N2O5P/c1-7-33-34(29,22-15-13-21(14-16-22)28(2)3)26(27-20-11-9-8-10-12-20)19-17-23(30-4)25(32-6)24(18-19)31-5/h8-18,26-27H,7H2,1-6H3/t26-,34+/m0/s1. The molecule has 0 fully saturated rings. The molecule has 0 bridgehead atoms. The number of rotatable bonds is 11. The Hall–Kier alpha value is -3.15. The summed E-state index contributed by atoms with van der Waals surface area (Å²) in [5.74, 6) is 0.702. The van der Waals surface area contributed by atoms with Gasteiger partial charge >= 0.3 is 0 Å². The molecular formula is C26H33N2O5P. The SMILES string of the molecule is CCO[P@](=O)(c1ccc(N(C)C)cc1)[C@H](Nc1ccccc1)c1cc(OC)c(OC)c(OC)c1. The topological polar surface area (TPSA) is 69.3 Å². The van der Waals surface area contributed by atoms with Crippen molar-refractivity contribution >= 4 is 24.0 Å². The lowest BCUT2D eigenvalue weighted by Crippen LogP contribution is -2.21. The van der Waals surface area contributed by atoms with Crippen LogP contribution in [0.2, 0.25) is 0 Å². The number of para-hydroxylation sites is 1. The smallest absolute Gasteiger partial charge is 0.258 e. The van der Waals surface area contributed by atoms with E-state index in [4.69, 9.17) is 18.7 Å². The molecule has 3 aromatic carbocycles. The number of ether oxygens (including phenoxy) is 3. The molecule has 1 N–H and O–H groups in total. The fourth-order valence-electron chi connectivity index (χ4n) is 3.76. The molecule has 0 aromatic heterocycles. The normalized spacial score (nSPS) is 13.5. The lowest BCUT2D eigenvalue weighted by molar-refractivity contribution is 0.322. The second kappa shape index (κ2) is 11.3. The van der Waals surface area contributed by atoms with Gasteiger partial charge in [0.2, 0.25) is 5.75 Å². The highest BCUT2D eigenvalue weighted by molar-refractivity contribution is 7.67. The molecule has 0 unspecified atom stereocenters. The molecule has 8 heteroatoms. The minimum Gasteiger partial charge on any atom is -0.493 e. The summed E-state index contributed by atoms with van der Waals surface area (Å²) >= 11 is 0. The number of methoxy groups -OCH3 is 3. The van der Waals surface area contributed by atoms with Crippen LogP contribution in [0, 0.1) is 0 Å². The largest absolute Gasteiger partial charge is 0.493 e. The third kappa shape index (κ3) is 5.32.